The number of hydrogen-bond acceptors (Lipinski definition) is 7. The van der Waals surface area contributed by atoms with Crippen LogP contribution in [-0.2, 0) is 4.79 Å². The summed E-state index contributed by atoms with van der Waals surface area (Å²) < 4.78 is 21.9. The zero-order valence-corrected chi connectivity index (χ0v) is 22.4. The first-order chi connectivity index (χ1) is 18.3. The normalized spacial score (nSPS) is 10.7. The SMILES string of the molecule is CCCOc1ccc(C(=O)N/N=C/c2cc(Cl)c(OCC(=O)Nc3ccc(C)cc3)c(OC)c2)cc1OC. The molecule has 38 heavy (non-hydrogen) atoms. The average Bonchev–Trinajstić information content (AvgIpc) is 2.92. The molecule has 0 unspecified atom stereocenters. The lowest BCUT2D eigenvalue weighted by Crippen LogP contribution is -2.20. The molecule has 0 aromatic heterocycles. The summed E-state index contributed by atoms with van der Waals surface area (Å²) in [6.45, 7) is 4.25. The number of hydrazone groups is 1. The van der Waals surface area contributed by atoms with E-state index in [1.165, 1.54) is 20.4 Å². The summed E-state index contributed by atoms with van der Waals surface area (Å²) in [6, 6.07) is 15.5. The van der Waals surface area contributed by atoms with Crippen LogP contribution < -0.4 is 29.7 Å². The number of hydrogen-bond donors (Lipinski definition) is 2. The van der Waals surface area contributed by atoms with Crippen molar-refractivity contribution in [3.8, 4) is 23.0 Å². The molecule has 0 saturated carbocycles. The second-order valence-electron chi connectivity index (χ2n) is 8.15. The maximum absolute atomic E-state index is 12.5. The second-order valence-corrected chi connectivity index (χ2v) is 8.56. The largest absolute Gasteiger partial charge is 0.493 e. The van der Waals surface area contributed by atoms with Crippen molar-refractivity contribution in [2.75, 3.05) is 32.8 Å². The van der Waals surface area contributed by atoms with Gasteiger partial charge in [-0.15, -0.1) is 0 Å². The molecule has 10 heteroatoms. The van der Waals surface area contributed by atoms with E-state index in [1.54, 1.807) is 42.5 Å². The Morgan fingerprint density at radius 1 is 0.947 bits per heavy atom. The van der Waals surface area contributed by atoms with Crippen LogP contribution in [0.2, 0.25) is 5.02 Å². The Kier molecular flexibility index (Phi) is 10.4. The Morgan fingerprint density at radius 2 is 1.68 bits per heavy atom. The van der Waals surface area contributed by atoms with Gasteiger partial charge in [-0.1, -0.05) is 36.2 Å². The molecule has 0 aliphatic heterocycles. The van der Waals surface area contributed by atoms with Gasteiger partial charge in [0.1, 0.15) is 0 Å². The van der Waals surface area contributed by atoms with Crippen LogP contribution in [0.25, 0.3) is 0 Å². The third kappa shape index (κ3) is 7.88. The van der Waals surface area contributed by atoms with Gasteiger partial charge in [-0.3, -0.25) is 9.59 Å². The van der Waals surface area contributed by atoms with Crippen LogP contribution in [0.5, 0.6) is 23.0 Å². The van der Waals surface area contributed by atoms with E-state index >= 15 is 0 Å². The number of methoxy groups -OCH3 is 2. The molecule has 200 valence electrons. The Labute approximate surface area is 226 Å². The molecule has 0 bridgehead atoms. The van der Waals surface area contributed by atoms with Gasteiger partial charge in [0.2, 0.25) is 0 Å². The highest BCUT2D eigenvalue weighted by Gasteiger charge is 2.14. The maximum atomic E-state index is 12.5. The molecule has 0 aliphatic rings. The second kappa shape index (κ2) is 13.9. The number of nitrogens with one attached hydrogen (secondary N) is 2. The minimum Gasteiger partial charge on any atom is -0.493 e. The number of aryl methyl sites for hydroxylation is 1. The van der Waals surface area contributed by atoms with Crippen molar-refractivity contribution >= 4 is 35.3 Å². The Bertz CT molecular complexity index is 1290. The fourth-order valence-corrected chi connectivity index (χ4v) is 3.57. The van der Waals surface area contributed by atoms with Crippen molar-refractivity contribution in [1.82, 2.24) is 5.43 Å². The summed E-state index contributed by atoms with van der Waals surface area (Å²) in [7, 11) is 2.96. The summed E-state index contributed by atoms with van der Waals surface area (Å²) in [5.41, 5.74) is 5.12. The van der Waals surface area contributed by atoms with Crippen LogP contribution in [0.4, 0.5) is 5.69 Å². The minimum absolute atomic E-state index is 0.215. The maximum Gasteiger partial charge on any atom is 0.271 e. The predicted octanol–water partition coefficient (Wildman–Crippen LogP) is 5.24. The summed E-state index contributed by atoms with van der Waals surface area (Å²) in [4.78, 5) is 24.8. The molecule has 0 saturated heterocycles. The van der Waals surface area contributed by atoms with E-state index in [0.717, 1.165) is 12.0 Å². The number of rotatable bonds is 12. The molecule has 0 spiro atoms. The lowest BCUT2D eigenvalue weighted by Gasteiger charge is -2.13. The first-order valence-corrected chi connectivity index (χ1v) is 12.2. The van der Waals surface area contributed by atoms with Gasteiger partial charge in [0, 0.05) is 11.3 Å². The fraction of sp³-hybridized carbons (Fsp3) is 0.250. The molecule has 0 atom stereocenters. The molecule has 2 N–H and O–H groups in total. The molecule has 3 aromatic carbocycles. The number of halogens is 1. The lowest BCUT2D eigenvalue weighted by atomic mass is 10.2. The molecule has 9 nitrogen and oxygen atoms in total. The Hall–Kier alpha value is -4.24. The van der Waals surface area contributed by atoms with Crippen molar-refractivity contribution < 1.29 is 28.5 Å². The van der Waals surface area contributed by atoms with E-state index in [2.05, 4.69) is 15.8 Å². The van der Waals surface area contributed by atoms with E-state index in [4.69, 9.17) is 30.5 Å². The van der Waals surface area contributed by atoms with Crippen LogP contribution in [0.3, 0.4) is 0 Å². The highest BCUT2D eigenvalue weighted by molar-refractivity contribution is 6.32. The predicted molar refractivity (Wildman–Crippen MR) is 147 cm³/mol. The van der Waals surface area contributed by atoms with Crippen molar-refractivity contribution in [1.29, 1.82) is 0 Å². The zero-order valence-electron chi connectivity index (χ0n) is 21.7. The summed E-state index contributed by atoms with van der Waals surface area (Å²) in [5.74, 6) is 0.759. The van der Waals surface area contributed by atoms with Gasteiger partial charge in [-0.05, 0) is 61.4 Å². The highest BCUT2D eigenvalue weighted by Crippen LogP contribution is 2.36. The first kappa shape index (κ1) is 28.3. The molecule has 0 fully saturated rings. The summed E-state index contributed by atoms with van der Waals surface area (Å²) in [6.07, 6.45) is 2.27. The topological polar surface area (TPSA) is 107 Å². The average molecular weight is 540 g/mol. The molecule has 2 amide bonds. The first-order valence-electron chi connectivity index (χ1n) is 11.9. The summed E-state index contributed by atoms with van der Waals surface area (Å²) in [5, 5.41) is 6.97. The molecular weight excluding hydrogens is 510 g/mol. The van der Waals surface area contributed by atoms with E-state index < -0.39 is 5.91 Å². The number of amides is 2. The van der Waals surface area contributed by atoms with Crippen LogP contribution >= 0.6 is 11.6 Å². The van der Waals surface area contributed by atoms with E-state index in [-0.39, 0.29) is 23.3 Å². The van der Waals surface area contributed by atoms with Crippen molar-refractivity contribution in [2.45, 2.75) is 20.3 Å². The van der Waals surface area contributed by atoms with E-state index in [0.29, 0.717) is 40.7 Å². The lowest BCUT2D eigenvalue weighted by molar-refractivity contribution is -0.118. The number of nitrogens with zero attached hydrogens (tertiary/aromatic N) is 1. The van der Waals surface area contributed by atoms with E-state index in [9.17, 15) is 9.59 Å². The molecular formula is C28H30ClN3O6. The molecule has 3 aromatic rings. The fourth-order valence-electron chi connectivity index (χ4n) is 3.30. The van der Waals surface area contributed by atoms with Crippen molar-refractivity contribution in [3.63, 3.8) is 0 Å². The van der Waals surface area contributed by atoms with Crippen LogP contribution in [-0.4, -0.2) is 45.5 Å². The standard InChI is InChI=1S/C28H30ClN3O6/c1-5-12-37-23-11-8-20(15-24(23)35-3)28(34)32-30-16-19-13-22(29)27(25(14-19)36-4)38-17-26(33)31-21-9-6-18(2)7-10-21/h6-11,13-16H,5,12,17H2,1-4H3,(H,31,33)(H,32,34)/b30-16+. The minimum atomic E-state index is -0.431. The van der Waals surface area contributed by atoms with E-state index in [1.807, 2.05) is 26.0 Å². The van der Waals surface area contributed by atoms with Gasteiger partial charge < -0.3 is 24.3 Å². The van der Waals surface area contributed by atoms with Crippen LogP contribution in [0, 0.1) is 6.92 Å². The number of ether oxygens (including phenoxy) is 4. The zero-order chi connectivity index (χ0) is 27.5. The van der Waals surface area contributed by atoms with Gasteiger partial charge >= 0.3 is 0 Å². The molecule has 0 heterocycles. The van der Waals surface area contributed by atoms with Crippen LogP contribution in [0.1, 0.15) is 34.8 Å². The van der Waals surface area contributed by atoms with Gasteiger partial charge in [-0.2, -0.15) is 5.10 Å². The van der Waals surface area contributed by atoms with Crippen molar-refractivity contribution in [3.05, 3.63) is 76.3 Å². The smallest absolute Gasteiger partial charge is 0.271 e. The Morgan fingerprint density at radius 3 is 2.37 bits per heavy atom. The van der Waals surface area contributed by atoms with Crippen LogP contribution in [0.15, 0.2) is 59.7 Å². The summed E-state index contributed by atoms with van der Waals surface area (Å²) >= 11 is 6.38. The highest BCUT2D eigenvalue weighted by atomic mass is 35.5. The molecule has 0 aliphatic carbocycles. The third-order valence-corrected chi connectivity index (χ3v) is 5.48. The van der Waals surface area contributed by atoms with Gasteiger partial charge in [-0.25, -0.2) is 5.43 Å². The van der Waals surface area contributed by atoms with Gasteiger partial charge in [0.05, 0.1) is 32.1 Å². The number of carbonyl (C=O) groups excluding carboxylic acids is 2. The third-order valence-electron chi connectivity index (χ3n) is 5.20. The molecule has 0 radical (unpaired) electrons. The van der Waals surface area contributed by atoms with Gasteiger partial charge in [0.15, 0.2) is 29.6 Å². The monoisotopic (exact) mass is 539 g/mol. The number of carbonyl (C=O) groups is 2. The number of benzene rings is 3. The van der Waals surface area contributed by atoms with Crippen molar-refractivity contribution in [2.24, 2.45) is 5.10 Å². The quantitative estimate of drug-likeness (QED) is 0.241. The molecule has 3 rings (SSSR count). The Balaban J connectivity index is 1.62. The van der Waals surface area contributed by atoms with Gasteiger partial charge in [0.25, 0.3) is 11.8 Å². The number of anilines is 1.